The molecule has 0 spiro atoms. The molecular weight excluding hydrogens is 536 g/mol. The van der Waals surface area contributed by atoms with E-state index in [1.54, 1.807) is 4.90 Å². The van der Waals surface area contributed by atoms with Crippen molar-refractivity contribution in [3.63, 3.8) is 0 Å². The van der Waals surface area contributed by atoms with Gasteiger partial charge in [-0.2, -0.15) is 0 Å². The van der Waals surface area contributed by atoms with Crippen LogP contribution in [0.3, 0.4) is 0 Å². The van der Waals surface area contributed by atoms with E-state index in [4.69, 9.17) is 4.74 Å². The minimum atomic E-state index is -0.416. The number of anilines is 2. The second-order valence-electron chi connectivity index (χ2n) is 11.3. The van der Waals surface area contributed by atoms with E-state index in [2.05, 4.69) is 65.2 Å². The van der Waals surface area contributed by atoms with Gasteiger partial charge in [-0.25, -0.2) is 0 Å². The topological polar surface area (TPSA) is 66.8 Å². The zero-order valence-electron chi connectivity index (χ0n) is 24.4. The Morgan fingerprint density at radius 3 is 2.35 bits per heavy atom. The number of benzene rings is 4. The lowest BCUT2D eigenvalue weighted by molar-refractivity contribution is -0.117. The van der Waals surface area contributed by atoms with Crippen molar-refractivity contribution in [3.8, 4) is 11.3 Å². The Morgan fingerprint density at radius 1 is 0.884 bits per heavy atom. The van der Waals surface area contributed by atoms with Gasteiger partial charge in [0.1, 0.15) is 6.54 Å². The van der Waals surface area contributed by atoms with Gasteiger partial charge in [-0.3, -0.25) is 9.59 Å². The van der Waals surface area contributed by atoms with E-state index in [9.17, 15) is 9.59 Å². The van der Waals surface area contributed by atoms with Crippen LogP contribution in [0, 0.1) is 6.92 Å². The third-order valence-corrected chi connectivity index (χ3v) is 8.64. The standard InChI is InChI=1S/C36H34N4O3/c1-24-11-13-25(14-12-24)34-33(30-9-5-6-10-31(30)38(34)2)35-28-7-3-4-8-29(28)36(42)40(35)23-32(41)37-26-15-17-27(18-16-26)39-19-21-43-22-20-39/h3-18,35H,19-23H2,1-2H3,(H,37,41). The van der Waals surface area contributed by atoms with E-state index in [-0.39, 0.29) is 18.4 Å². The Balaban J connectivity index is 1.25. The molecule has 3 heterocycles. The summed E-state index contributed by atoms with van der Waals surface area (Å²) in [4.78, 5) is 31.5. The number of fused-ring (bicyclic) bond motifs is 2. The van der Waals surface area contributed by atoms with Crippen molar-refractivity contribution in [2.75, 3.05) is 43.1 Å². The largest absolute Gasteiger partial charge is 0.378 e. The molecule has 7 nitrogen and oxygen atoms in total. The second kappa shape index (κ2) is 11.1. The number of carbonyl (C=O) groups excluding carboxylic acids is 2. The van der Waals surface area contributed by atoms with Gasteiger partial charge in [0, 0.05) is 53.5 Å². The fraction of sp³-hybridized carbons (Fsp3) is 0.222. The van der Waals surface area contributed by atoms with Crippen molar-refractivity contribution in [1.29, 1.82) is 0 Å². The van der Waals surface area contributed by atoms with Crippen molar-refractivity contribution in [2.45, 2.75) is 13.0 Å². The average molecular weight is 571 g/mol. The first-order valence-corrected chi connectivity index (χ1v) is 14.8. The second-order valence-corrected chi connectivity index (χ2v) is 11.3. The molecule has 216 valence electrons. The van der Waals surface area contributed by atoms with Crippen LogP contribution in [0.2, 0.25) is 0 Å². The molecule has 1 saturated heterocycles. The average Bonchev–Trinajstić information content (AvgIpc) is 3.48. The number of rotatable bonds is 6. The quantitative estimate of drug-likeness (QED) is 0.265. The van der Waals surface area contributed by atoms with Gasteiger partial charge in [0.2, 0.25) is 5.91 Å². The molecule has 5 aromatic rings. The number of ether oxygens (including phenoxy) is 1. The number of hydrogen-bond acceptors (Lipinski definition) is 4. The molecule has 1 atom stereocenters. The molecule has 7 rings (SSSR count). The van der Waals surface area contributed by atoms with Crippen LogP contribution in [-0.2, 0) is 16.6 Å². The molecule has 2 amide bonds. The smallest absolute Gasteiger partial charge is 0.255 e. The molecule has 1 aromatic heterocycles. The Kier molecular flexibility index (Phi) is 6.95. The maximum Gasteiger partial charge on any atom is 0.255 e. The lowest BCUT2D eigenvalue weighted by Gasteiger charge is -2.29. The predicted octanol–water partition coefficient (Wildman–Crippen LogP) is 6.17. The fourth-order valence-electron chi connectivity index (χ4n) is 6.54. The Bertz CT molecular complexity index is 1820. The van der Waals surface area contributed by atoms with E-state index in [0.29, 0.717) is 24.5 Å². The molecule has 1 fully saturated rings. The zero-order chi connectivity index (χ0) is 29.5. The summed E-state index contributed by atoms with van der Waals surface area (Å²) in [7, 11) is 2.07. The molecule has 0 saturated carbocycles. The van der Waals surface area contributed by atoms with Crippen LogP contribution in [0.5, 0.6) is 0 Å². The van der Waals surface area contributed by atoms with Crippen LogP contribution in [0.25, 0.3) is 22.2 Å². The van der Waals surface area contributed by atoms with E-state index in [1.165, 1.54) is 5.56 Å². The molecule has 1 unspecified atom stereocenters. The summed E-state index contributed by atoms with van der Waals surface area (Å²) in [5, 5.41) is 4.10. The molecule has 7 heteroatoms. The van der Waals surface area contributed by atoms with Crippen molar-refractivity contribution < 1.29 is 14.3 Å². The number of para-hydroxylation sites is 1. The fourth-order valence-corrected chi connectivity index (χ4v) is 6.54. The summed E-state index contributed by atoms with van der Waals surface area (Å²) in [6, 6.07) is 32.0. The first-order valence-electron chi connectivity index (χ1n) is 14.8. The number of aromatic nitrogens is 1. The van der Waals surface area contributed by atoms with Crippen LogP contribution in [0.4, 0.5) is 11.4 Å². The highest BCUT2D eigenvalue weighted by atomic mass is 16.5. The van der Waals surface area contributed by atoms with Gasteiger partial charge >= 0.3 is 0 Å². The summed E-state index contributed by atoms with van der Waals surface area (Å²) in [6.07, 6.45) is 0. The van der Waals surface area contributed by atoms with Crippen LogP contribution in [0.1, 0.15) is 33.1 Å². The van der Waals surface area contributed by atoms with Crippen molar-refractivity contribution in [2.24, 2.45) is 7.05 Å². The highest BCUT2D eigenvalue weighted by Gasteiger charge is 2.41. The van der Waals surface area contributed by atoms with Gasteiger partial charge in [-0.05, 0) is 54.4 Å². The monoisotopic (exact) mass is 570 g/mol. The highest BCUT2D eigenvalue weighted by molar-refractivity contribution is 6.05. The van der Waals surface area contributed by atoms with Gasteiger partial charge < -0.3 is 24.4 Å². The molecule has 4 aromatic carbocycles. The van der Waals surface area contributed by atoms with Gasteiger partial charge in [0.15, 0.2) is 0 Å². The molecule has 2 aliphatic rings. The van der Waals surface area contributed by atoms with Gasteiger partial charge in [-0.1, -0.05) is 66.2 Å². The van der Waals surface area contributed by atoms with Crippen LogP contribution in [-0.4, -0.2) is 54.1 Å². The van der Waals surface area contributed by atoms with E-state index in [0.717, 1.165) is 52.1 Å². The van der Waals surface area contributed by atoms with Gasteiger partial charge in [-0.15, -0.1) is 0 Å². The first kappa shape index (κ1) is 27.0. The molecule has 43 heavy (non-hydrogen) atoms. The number of aryl methyl sites for hydroxylation is 2. The first-order chi connectivity index (χ1) is 21.0. The summed E-state index contributed by atoms with van der Waals surface area (Å²) in [6.45, 7) is 5.14. The third kappa shape index (κ3) is 4.85. The summed E-state index contributed by atoms with van der Waals surface area (Å²) in [5.74, 6) is -0.372. The molecule has 0 bridgehead atoms. The number of hydrogen-bond donors (Lipinski definition) is 1. The van der Waals surface area contributed by atoms with Gasteiger partial charge in [0.25, 0.3) is 5.91 Å². The van der Waals surface area contributed by atoms with Crippen LogP contribution in [0.15, 0.2) is 97.1 Å². The number of carbonyl (C=O) groups is 2. The predicted molar refractivity (Wildman–Crippen MR) is 171 cm³/mol. The molecule has 0 aliphatic carbocycles. The molecule has 0 radical (unpaired) electrons. The van der Waals surface area contributed by atoms with Crippen molar-refractivity contribution in [1.82, 2.24) is 9.47 Å². The summed E-state index contributed by atoms with van der Waals surface area (Å²) < 4.78 is 7.67. The van der Waals surface area contributed by atoms with E-state index in [1.807, 2.05) is 60.7 Å². The Morgan fingerprint density at radius 2 is 1.58 bits per heavy atom. The minimum absolute atomic E-state index is 0.0695. The highest BCUT2D eigenvalue weighted by Crippen LogP contribution is 2.46. The third-order valence-electron chi connectivity index (χ3n) is 8.64. The summed E-state index contributed by atoms with van der Waals surface area (Å²) >= 11 is 0. The molecular formula is C36H34N4O3. The number of amides is 2. The van der Waals surface area contributed by atoms with E-state index < -0.39 is 6.04 Å². The Hall–Kier alpha value is -4.88. The summed E-state index contributed by atoms with van der Waals surface area (Å²) in [5.41, 5.74) is 8.76. The van der Waals surface area contributed by atoms with Crippen LogP contribution >= 0.6 is 0 Å². The van der Waals surface area contributed by atoms with Crippen LogP contribution < -0.4 is 10.2 Å². The zero-order valence-corrected chi connectivity index (χ0v) is 24.4. The van der Waals surface area contributed by atoms with Crippen molar-refractivity contribution >= 4 is 34.1 Å². The molecule has 1 N–H and O–H groups in total. The number of nitrogens with one attached hydrogen (secondary N) is 1. The lowest BCUT2D eigenvalue weighted by Crippen LogP contribution is -2.37. The number of morpholine rings is 1. The lowest BCUT2D eigenvalue weighted by atomic mass is 9.93. The van der Waals surface area contributed by atoms with E-state index >= 15 is 0 Å². The maximum absolute atomic E-state index is 13.9. The van der Waals surface area contributed by atoms with Crippen molar-refractivity contribution in [3.05, 3.63) is 119 Å². The maximum atomic E-state index is 13.9. The minimum Gasteiger partial charge on any atom is -0.378 e. The molecule has 2 aliphatic heterocycles. The number of nitrogens with zero attached hydrogens (tertiary/aromatic N) is 3. The normalized spacial score (nSPS) is 16.5. The SMILES string of the molecule is Cc1ccc(-c2c(C3c4ccccc4C(=O)N3CC(=O)Nc3ccc(N4CCOCC4)cc3)c3ccccc3n2C)cc1. The Labute approximate surface area is 251 Å². The van der Waals surface area contributed by atoms with Gasteiger partial charge in [0.05, 0.1) is 24.9 Å².